The molecule has 1 rings (SSSR count). The lowest BCUT2D eigenvalue weighted by atomic mass is 9.98. The molecule has 1 saturated heterocycles. The van der Waals surface area contributed by atoms with E-state index in [4.69, 9.17) is 0 Å². The van der Waals surface area contributed by atoms with Crippen molar-refractivity contribution in [3.05, 3.63) is 0 Å². The molecule has 3 heteroatoms. The van der Waals surface area contributed by atoms with Gasteiger partial charge in [-0.3, -0.25) is 4.90 Å². The fraction of sp³-hybridized carbons (Fsp3) is 1.00. The highest BCUT2D eigenvalue weighted by atomic mass is 32.2. The van der Waals surface area contributed by atoms with Gasteiger partial charge >= 0.3 is 0 Å². The number of nitrogens with zero attached hydrogens (tertiary/aromatic N) is 1. The Bertz CT molecular complexity index is 185. The van der Waals surface area contributed by atoms with Gasteiger partial charge in [0, 0.05) is 31.7 Å². The predicted molar refractivity (Wildman–Crippen MR) is 75.3 cm³/mol. The molecular formula is C13H28N2S. The van der Waals surface area contributed by atoms with Crippen LogP contribution in [0, 0.1) is 5.92 Å². The SMILES string of the molecule is CCSCCC(C)N1CCNCC1C(C)C. The zero-order valence-electron chi connectivity index (χ0n) is 11.3. The topological polar surface area (TPSA) is 15.3 Å². The van der Waals surface area contributed by atoms with Gasteiger partial charge in [0.15, 0.2) is 0 Å². The van der Waals surface area contributed by atoms with E-state index in [1.54, 1.807) is 0 Å². The molecule has 0 bridgehead atoms. The molecule has 2 nitrogen and oxygen atoms in total. The molecular weight excluding hydrogens is 216 g/mol. The van der Waals surface area contributed by atoms with Gasteiger partial charge in [-0.15, -0.1) is 0 Å². The Balaban J connectivity index is 2.40. The van der Waals surface area contributed by atoms with E-state index in [-0.39, 0.29) is 0 Å². The third kappa shape index (κ3) is 4.27. The molecule has 2 atom stereocenters. The number of rotatable bonds is 6. The Morgan fingerprint density at radius 3 is 2.75 bits per heavy atom. The number of piperazine rings is 1. The zero-order valence-corrected chi connectivity index (χ0v) is 12.1. The molecule has 1 aliphatic heterocycles. The second-order valence-electron chi connectivity index (χ2n) is 5.09. The first-order valence-electron chi connectivity index (χ1n) is 6.71. The summed E-state index contributed by atoms with van der Waals surface area (Å²) in [6, 6.07) is 1.48. The smallest absolute Gasteiger partial charge is 0.0246 e. The summed E-state index contributed by atoms with van der Waals surface area (Å²) in [6.45, 7) is 12.9. The van der Waals surface area contributed by atoms with Crippen LogP contribution in [0.3, 0.4) is 0 Å². The van der Waals surface area contributed by atoms with Crippen molar-refractivity contribution in [3.63, 3.8) is 0 Å². The van der Waals surface area contributed by atoms with E-state index >= 15 is 0 Å². The number of hydrogen-bond donors (Lipinski definition) is 1. The maximum Gasteiger partial charge on any atom is 0.0246 e. The summed E-state index contributed by atoms with van der Waals surface area (Å²) in [6.07, 6.45) is 1.34. The first-order valence-corrected chi connectivity index (χ1v) is 7.86. The lowest BCUT2D eigenvalue weighted by Crippen LogP contribution is -2.56. The minimum Gasteiger partial charge on any atom is -0.314 e. The van der Waals surface area contributed by atoms with Crippen LogP contribution in [0.25, 0.3) is 0 Å². The Kier molecular flexibility index (Phi) is 6.78. The average Bonchev–Trinajstić information content (AvgIpc) is 2.29. The minimum absolute atomic E-state index is 0.732. The molecule has 0 saturated carbocycles. The van der Waals surface area contributed by atoms with Crippen LogP contribution in [-0.4, -0.2) is 48.1 Å². The average molecular weight is 244 g/mol. The molecule has 0 radical (unpaired) electrons. The van der Waals surface area contributed by atoms with Gasteiger partial charge in [-0.2, -0.15) is 11.8 Å². The molecule has 2 unspecified atom stereocenters. The van der Waals surface area contributed by atoms with Gasteiger partial charge in [-0.1, -0.05) is 20.8 Å². The molecule has 0 aliphatic carbocycles. The highest BCUT2D eigenvalue weighted by molar-refractivity contribution is 7.99. The van der Waals surface area contributed by atoms with Gasteiger partial charge in [-0.05, 0) is 30.8 Å². The Morgan fingerprint density at radius 2 is 2.12 bits per heavy atom. The van der Waals surface area contributed by atoms with Crippen LogP contribution >= 0.6 is 11.8 Å². The summed E-state index contributed by atoms with van der Waals surface area (Å²) >= 11 is 2.07. The fourth-order valence-electron chi connectivity index (χ4n) is 2.47. The third-order valence-corrected chi connectivity index (χ3v) is 4.48. The molecule has 96 valence electrons. The number of nitrogens with one attached hydrogen (secondary N) is 1. The van der Waals surface area contributed by atoms with E-state index in [1.807, 2.05) is 0 Å². The first-order chi connectivity index (χ1) is 7.66. The van der Waals surface area contributed by atoms with Crippen LogP contribution in [0.2, 0.25) is 0 Å². The standard InChI is InChI=1S/C13H28N2S/c1-5-16-9-6-12(4)15-8-7-14-10-13(15)11(2)3/h11-14H,5-10H2,1-4H3. The first kappa shape index (κ1) is 14.3. The van der Waals surface area contributed by atoms with Crippen LogP contribution < -0.4 is 5.32 Å². The van der Waals surface area contributed by atoms with Crippen LogP contribution in [0.5, 0.6) is 0 Å². The largest absolute Gasteiger partial charge is 0.314 e. The molecule has 0 aromatic rings. The molecule has 16 heavy (non-hydrogen) atoms. The van der Waals surface area contributed by atoms with Gasteiger partial charge in [0.1, 0.15) is 0 Å². The fourth-order valence-corrected chi connectivity index (χ4v) is 3.27. The highest BCUT2D eigenvalue weighted by Gasteiger charge is 2.27. The van der Waals surface area contributed by atoms with E-state index in [0.717, 1.165) is 24.5 Å². The minimum atomic E-state index is 0.732. The van der Waals surface area contributed by atoms with Gasteiger partial charge in [0.25, 0.3) is 0 Å². The quantitative estimate of drug-likeness (QED) is 0.723. The van der Waals surface area contributed by atoms with E-state index in [9.17, 15) is 0 Å². The maximum absolute atomic E-state index is 3.52. The van der Waals surface area contributed by atoms with Crippen LogP contribution in [0.15, 0.2) is 0 Å². The van der Waals surface area contributed by atoms with Gasteiger partial charge in [0.05, 0.1) is 0 Å². The lowest BCUT2D eigenvalue weighted by Gasteiger charge is -2.42. The highest BCUT2D eigenvalue weighted by Crippen LogP contribution is 2.18. The summed E-state index contributed by atoms with van der Waals surface area (Å²) in [5.41, 5.74) is 0. The van der Waals surface area contributed by atoms with E-state index in [1.165, 1.54) is 31.0 Å². The molecule has 1 heterocycles. The number of hydrogen-bond acceptors (Lipinski definition) is 3. The van der Waals surface area contributed by atoms with Crippen molar-refractivity contribution in [2.45, 2.75) is 46.2 Å². The summed E-state index contributed by atoms with van der Waals surface area (Å²) in [7, 11) is 0. The molecule has 0 aromatic heterocycles. The summed E-state index contributed by atoms with van der Waals surface area (Å²) in [4.78, 5) is 2.72. The molecule has 1 aliphatic rings. The Labute approximate surface area is 106 Å². The molecule has 0 amide bonds. The van der Waals surface area contributed by atoms with Gasteiger partial charge < -0.3 is 5.32 Å². The second kappa shape index (κ2) is 7.57. The van der Waals surface area contributed by atoms with Crippen molar-refractivity contribution < 1.29 is 0 Å². The van der Waals surface area contributed by atoms with Crippen molar-refractivity contribution in [3.8, 4) is 0 Å². The third-order valence-electron chi connectivity index (χ3n) is 3.55. The predicted octanol–water partition coefficient (Wildman–Crippen LogP) is 2.45. The molecule has 1 fully saturated rings. The lowest BCUT2D eigenvalue weighted by molar-refractivity contribution is 0.0832. The van der Waals surface area contributed by atoms with Gasteiger partial charge in [0.2, 0.25) is 0 Å². The number of thioether (sulfide) groups is 1. The monoisotopic (exact) mass is 244 g/mol. The van der Waals surface area contributed by atoms with Crippen molar-refractivity contribution in [1.82, 2.24) is 10.2 Å². The summed E-state index contributed by atoms with van der Waals surface area (Å²) in [5, 5.41) is 3.52. The van der Waals surface area contributed by atoms with Crippen LogP contribution in [0.4, 0.5) is 0 Å². The van der Waals surface area contributed by atoms with Gasteiger partial charge in [-0.25, -0.2) is 0 Å². The van der Waals surface area contributed by atoms with Crippen LogP contribution in [-0.2, 0) is 0 Å². The Hall–Kier alpha value is 0.270. The van der Waals surface area contributed by atoms with Crippen molar-refractivity contribution in [1.29, 1.82) is 0 Å². The van der Waals surface area contributed by atoms with E-state index in [0.29, 0.717) is 0 Å². The normalized spacial score (nSPS) is 24.9. The Morgan fingerprint density at radius 1 is 1.38 bits per heavy atom. The summed E-state index contributed by atoms with van der Waals surface area (Å²) in [5.74, 6) is 3.32. The summed E-state index contributed by atoms with van der Waals surface area (Å²) < 4.78 is 0. The van der Waals surface area contributed by atoms with Crippen molar-refractivity contribution in [2.24, 2.45) is 5.92 Å². The van der Waals surface area contributed by atoms with Crippen molar-refractivity contribution in [2.75, 3.05) is 31.1 Å². The maximum atomic E-state index is 3.52. The zero-order chi connectivity index (χ0) is 12.0. The van der Waals surface area contributed by atoms with E-state index in [2.05, 4.69) is 49.7 Å². The second-order valence-corrected chi connectivity index (χ2v) is 6.48. The van der Waals surface area contributed by atoms with Crippen LogP contribution in [0.1, 0.15) is 34.1 Å². The molecule has 1 N–H and O–H groups in total. The van der Waals surface area contributed by atoms with Crippen molar-refractivity contribution >= 4 is 11.8 Å². The van der Waals surface area contributed by atoms with E-state index < -0.39 is 0 Å². The molecule has 0 aromatic carbocycles. The molecule has 0 spiro atoms.